The molecule has 154 valence electrons. The number of hydrogen-bond acceptors (Lipinski definition) is 3. The van der Waals surface area contributed by atoms with Crippen LogP contribution in [0.5, 0.6) is 0 Å². The van der Waals surface area contributed by atoms with E-state index in [1.54, 1.807) is 36.1 Å². The van der Waals surface area contributed by atoms with Crippen LogP contribution >= 0.6 is 0 Å². The number of para-hydroxylation sites is 2. The summed E-state index contributed by atoms with van der Waals surface area (Å²) in [5, 5.41) is 0. The van der Waals surface area contributed by atoms with E-state index in [1.807, 2.05) is 50.2 Å². The third-order valence-electron chi connectivity index (χ3n) is 5.54. The van der Waals surface area contributed by atoms with Gasteiger partial charge in [-0.1, -0.05) is 42.5 Å². The Balaban J connectivity index is 1.70. The zero-order valence-electron chi connectivity index (χ0n) is 17.2. The number of fused-ring (bicyclic) bond motifs is 1. The van der Waals surface area contributed by atoms with Gasteiger partial charge in [0.1, 0.15) is 0 Å². The minimum atomic E-state index is -3.84. The molecule has 1 heterocycles. The lowest BCUT2D eigenvalue weighted by Crippen LogP contribution is -2.35. The van der Waals surface area contributed by atoms with Crippen molar-refractivity contribution >= 4 is 27.3 Å². The van der Waals surface area contributed by atoms with Crippen molar-refractivity contribution in [3.63, 3.8) is 0 Å². The average Bonchev–Trinajstić information content (AvgIpc) is 3.05. The molecule has 0 unspecified atom stereocenters. The summed E-state index contributed by atoms with van der Waals surface area (Å²) in [5.41, 5.74) is 4.30. The number of aryl methyl sites for hydroxylation is 2. The molecule has 1 N–H and O–H groups in total. The number of hydrogen-bond donors (Lipinski definition) is 1. The van der Waals surface area contributed by atoms with E-state index in [1.165, 1.54) is 6.07 Å². The molecular weight excluding hydrogens is 396 g/mol. The van der Waals surface area contributed by atoms with Crippen molar-refractivity contribution in [2.24, 2.45) is 0 Å². The monoisotopic (exact) mass is 420 g/mol. The quantitative estimate of drug-likeness (QED) is 0.666. The highest BCUT2D eigenvalue weighted by molar-refractivity contribution is 7.92. The molecule has 3 aromatic rings. The Hall–Kier alpha value is -3.12. The average molecular weight is 421 g/mol. The molecule has 3 aromatic carbocycles. The Morgan fingerprint density at radius 3 is 2.43 bits per heavy atom. The van der Waals surface area contributed by atoms with E-state index >= 15 is 0 Å². The zero-order chi connectivity index (χ0) is 21.5. The van der Waals surface area contributed by atoms with Crippen molar-refractivity contribution in [2.75, 3.05) is 9.62 Å². The van der Waals surface area contributed by atoms with E-state index in [-0.39, 0.29) is 16.8 Å². The summed E-state index contributed by atoms with van der Waals surface area (Å²) >= 11 is 0. The van der Waals surface area contributed by atoms with Gasteiger partial charge in [0.05, 0.1) is 10.6 Å². The molecule has 6 heteroatoms. The normalized spacial score (nSPS) is 15.7. The molecule has 0 aliphatic carbocycles. The summed E-state index contributed by atoms with van der Waals surface area (Å²) in [6.07, 6.45) is 0.785. The summed E-state index contributed by atoms with van der Waals surface area (Å²) in [7, 11) is -3.84. The van der Waals surface area contributed by atoms with Crippen LogP contribution in [0.3, 0.4) is 0 Å². The van der Waals surface area contributed by atoms with Gasteiger partial charge in [0.2, 0.25) is 0 Å². The number of amides is 1. The minimum absolute atomic E-state index is 0.0151. The summed E-state index contributed by atoms with van der Waals surface area (Å²) < 4.78 is 28.8. The van der Waals surface area contributed by atoms with Crippen molar-refractivity contribution in [3.05, 3.63) is 89.0 Å². The Labute approximate surface area is 177 Å². The highest BCUT2D eigenvalue weighted by Crippen LogP contribution is 2.33. The molecule has 0 fully saturated rings. The second-order valence-electron chi connectivity index (χ2n) is 7.76. The fourth-order valence-electron chi connectivity index (χ4n) is 3.92. The minimum Gasteiger partial charge on any atom is -0.305 e. The van der Waals surface area contributed by atoms with Gasteiger partial charge in [-0.15, -0.1) is 0 Å². The summed E-state index contributed by atoms with van der Waals surface area (Å²) in [4.78, 5) is 15.2. The molecule has 1 atom stereocenters. The van der Waals surface area contributed by atoms with E-state index in [9.17, 15) is 13.2 Å². The second-order valence-corrected chi connectivity index (χ2v) is 9.41. The van der Waals surface area contributed by atoms with Crippen LogP contribution in [-0.2, 0) is 16.4 Å². The van der Waals surface area contributed by atoms with E-state index in [0.29, 0.717) is 16.8 Å². The first-order chi connectivity index (χ1) is 14.3. The molecule has 0 spiro atoms. The second kappa shape index (κ2) is 7.61. The summed E-state index contributed by atoms with van der Waals surface area (Å²) in [6, 6.07) is 19.9. The van der Waals surface area contributed by atoms with Crippen molar-refractivity contribution in [1.82, 2.24) is 0 Å². The Bertz CT molecular complexity index is 1230. The van der Waals surface area contributed by atoms with E-state index in [4.69, 9.17) is 0 Å². The van der Waals surface area contributed by atoms with E-state index in [0.717, 1.165) is 23.2 Å². The fourth-order valence-corrected chi connectivity index (χ4v) is 5.33. The van der Waals surface area contributed by atoms with Crippen LogP contribution in [0.2, 0.25) is 0 Å². The summed E-state index contributed by atoms with van der Waals surface area (Å²) in [6.45, 7) is 5.58. The third-order valence-corrected chi connectivity index (χ3v) is 7.05. The Morgan fingerprint density at radius 2 is 1.67 bits per heavy atom. The topological polar surface area (TPSA) is 66.5 Å². The SMILES string of the molecule is Cc1ccccc1NS(=O)(=O)c1cc(C(=O)N2c3ccccc3C[C@H]2C)ccc1C. The Kier molecular flexibility index (Phi) is 5.12. The van der Waals surface area contributed by atoms with Crippen LogP contribution < -0.4 is 9.62 Å². The van der Waals surface area contributed by atoms with Crippen molar-refractivity contribution in [1.29, 1.82) is 0 Å². The number of carbonyl (C=O) groups is 1. The number of benzene rings is 3. The first-order valence-corrected chi connectivity index (χ1v) is 11.4. The molecule has 0 aromatic heterocycles. The largest absolute Gasteiger partial charge is 0.305 e. The molecule has 4 rings (SSSR count). The van der Waals surface area contributed by atoms with Crippen molar-refractivity contribution in [2.45, 2.75) is 38.1 Å². The molecule has 0 saturated heterocycles. The maximum absolute atomic E-state index is 13.3. The van der Waals surface area contributed by atoms with Gasteiger partial charge in [-0.25, -0.2) is 8.42 Å². The van der Waals surface area contributed by atoms with Crippen LogP contribution in [0.4, 0.5) is 11.4 Å². The van der Waals surface area contributed by atoms with Crippen LogP contribution in [0, 0.1) is 13.8 Å². The lowest BCUT2D eigenvalue weighted by molar-refractivity contribution is 0.0981. The number of sulfonamides is 1. The standard InChI is InChI=1S/C24H24N2O3S/c1-16-8-4-6-10-21(16)25-30(28,29)23-15-20(13-12-17(23)2)24(27)26-18(3)14-19-9-5-7-11-22(19)26/h4-13,15,18,25H,14H2,1-3H3/t18-/m1/s1. The van der Waals surface area contributed by atoms with Gasteiger partial charge in [-0.3, -0.25) is 9.52 Å². The molecule has 0 bridgehead atoms. The van der Waals surface area contributed by atoms with Gasteiger partial charge in [0.25, 0.3) is 15.9 Å². The van der Waals surface area contributed by atoms with Crippen molar-refractivity contribution in [3.8, 4) is 0 Å². The number of nitrogens with one attached hydrogen (secondary N) is 1. The molecule has 0 radical (unpaired) electrons. The van der Waals surface area contributed by atoms with E-state index in [2.05, 4.69) is 4.72 Å². The first-order valence-electron chi connectivity index (χ1n) is 9.88. The van der Waals surface area contributed by atoms with Crippen LogP contribution in [-0.4, -0.2) is 20.4 Å². The molecule has 30 heavy (non-hydrogen) atoms. The Morgan fingerprint density at radius 1 is 0.967 bits per heavy atom. The maximum Gasteiger partial charge on any atom is 0.262 e. The predicted octanol–water partition coefficient (Wildman–Crippen LogP) is 4.70. The fraction of sp³-hybridized carbons (Fsp3) is 0.208. The first kappa shape index (κ1) is 20.2. The zero-order valence-corrected chi connectivity index (χ0v) is 18.0. The van der Waals surface area contributed by atoms with E-state index < -0.39 is 10.0 Å². The number of rotatable bonds is 4. The van der Waals surface area contributed by atoms with Crippen LogP contribution in [0.1, 0.15) is 34.0 Å². The molecule has 0 saturated carbocycles. The predicted molar refractivity (Wildman–Crippen MR) is 120 cm³/mol. The highest BCUT2D eigenvalue weighted by Gasteiger charge is 2.32. The van der Waals surface area contributed by atoms with Crippen LogP contribution in [0.25, 0.3) is 0 Å². The number of anilines is 2. The highest BCUT2D eigenvalue weighted by atomic mass is 32.2. The smallest absolute Gasteiger partial charge is 0.262 e. The van der Waals surface area contributed by atoms with Gasteiger partial charge in [-0.05, 0) is 68.1 Å². The van der Waals surface area contributed by atoms with Gasteiger partial charge in [-0.2, -0.15) is 0 Å². The molecule has 1 amide bonds. The third kappa shape index (κ3) is 3.59. The van der Waals surface area contributed by atoms with Gasteiger partial charge in [0, 0.05) is 17.3 Å². The number of nitrogens with zero attached hydrogens (tertiary/aromatic N) is 1. The molecular formula is C24H24N2O3S. The lowest BCUT2D eigenvalue weighted by Gasteiger charge is -2.23. The number of carbonyl (C=O) groups excluding carboxylic acids is 1. The van der Waals surface area contributed by atoms with Gasteiger partial charge >= 0.3 is 0 Å². The van der Waals surface area contributed by atoms with Crippen LogP contribution in [0.15, 0.2) is 71.6 Å². The van der Waals surface area contributed by atoms with Gasteiger partial charge in [0.15, 0.2) is 0 Å². The molecule has 1 aliphatic heterocycles. The van der Waals surface area contributed by atoms with Gasteiger partial charge < -0.3 is 4.90 Å². The van der Waals surface area contributed by atoms with Crippen molar-refractivity contribution < 1.29 is 13.2 Å². The molecule has 1 aliphatic rings. The summed E-state index contributed by atoms with van der Waals surface area (Å²) in [5.74, 6) is -0.195. The lowest BCUT2D eigenvalue weighted by atomic mass is 10.1. The maximum atomic E-state index is 13.3. The molecule has 5 nitrogen and oxygen atoms in total.